The molecular weight excluding hydrogens is 398 g/mol. The summed E-state index contributed by atoms with van der Waals surface area (Å²) in [5, 5.41) is 8.00. The second-order valence-electron chi connectivity index (χ2n) is 7.89. The van der Waals surface area contributed by atoms with Gasteiger partial charge in [0.15, 0.2) is 5.16 Å². The number of thioether (sulfide) groups is 1. The zero-order valence-corrected chi connectivity index (χ0v) is 18.9. The molecule has 160 valence electrons. The van der Waals surface area contributed by atoms with Gasteiger partial charge in [-0.1, -0.05) is 44.7 Å². The molecule has 0 spiro atoms. The van der Waals surface area contributed by atoms with E-state index >= 15 is 0 Å². The van der Waals surface area contributed by atoms with Gasteiger partial charge in [0.1, 0.15) is 5.82 Å². The van der Waals surface area contributed by atoms with Crippen molar-refractivity contribution in [3.05, 3.63) is 46.9 Å². The van der Waals surface area contributed by atoms with Gasteiger partial charge in [-0.25, -0.2) is 9.67 Å². The molecule has 2 atom stereocenters. The number of anilines is 1. The van der Waals surface area contributed by atoms with E-state index in [0.29, 0.717) is 28.4 Å². The van der Waals surface area contributed by atoms with Gasteiger partial charge in [-0.05, 0) is 38.3 Å². The van der Waals surface area contributed by atoms with Gasteiger partial charge in [-0.15, -0.1) is 0 Å². The molecule has 7 nitrogen and oxygen atoms in total. The molecule has 0 fully saturated rings. The van der Waals surface area contributed by atoms with Gasteiger partial charge in [0.05, 0.1) is 28.4 Å². The van der Waals surface area contributed by atoms with Crippen LogP contribution in [0, 0.1) is 5.92 Å². The van der Waals surface area contributed by atoms with Crippen molar-refractivity contribution >= 4 is 34.4 Å². The van der Waals surface area contributed by atoms with E-state index < -0.39 is 5.25 Å². The van der Waals surface area contributed by atoms with Gasteiger partial charge >= 0.3 is 0 Å². The molecule has 0 saturated carbocycles. The Hall–Kier alpha value is -2.61. The van der Waals surface area contributed by atoms with Gasteiger partial charge in [0, 0.05) is 12.6 Å². The molecule has 0 saturated heterocycles. The zero-order valence-electron chi connectivity index (χ0n) is 18.1. The number of hydrogen-bond acceptors (Lipinski definition) is 5. The third kappa shape index (κ3) is 4.75. The van der Waals surface area contributed by atoms with Gasteiger partial charge in [0.25, 0.3) is 5.56 Å². The lowest BCUT2D eigenvalue weighted by Gasteiger charge is -2.18. The summed E-state index contributed by atoms with van der Waals surface area (Å²) >= 11 is 1.30. The van der Waals surface area contributed by atoms with Crippen LogP contribution in [0.25, 0.3) is 10.9 Å². The minimum Gasteiger partial charge on any atom is -0.310 e. The first-order valence-corrected chi connectivity index (χ1v) is 11.2. The molecule has 1 amide bonds. The van der Waals surface area contributed by atoms with Crippen LogP contribution in [0.3, 0.4) is 0 Å². The minimum absolute atomic E-state index is 0.0701. The molecule has 30 heavy (non-hydrogen) atoms. The largest absolute Gasteiger partial charge is 0.310 e. The number of carbonyl (C=O) groups is 1. The van der Waals surface area contributed by atoms with Crippen LogP contribution in [-0.4, -0.2) is 30.5 Å². The molecule has 0 aliphatic rings. The molecule has 2 heterocycles. The summed E-state index contributed by atoms with van der Waals surface area (Å²) in [6, 6.07) is 9.32. The van der Waals surface area contributed by atoms with Crippen LogP contribution in [0.5, 0.6) is 0 Å². The summed E-state index contributed by atoms with van der Waals surface area (Å²) in [5.41, 5.74) is 0.576. The highest BCUT2D eigenvalue weighted by Gasteiger charge is 2.21. The van der Waals surface area contributed by atoms with Crippen molar-refractivity contribution in [2.75, 3.05) is 5.32 Å². The second-order valence-corrected chi connectivity index (χ2v) is 9.20. The summed E-state index contributed by atoms with van der Waals surface area (Å²) in [5.74, 6) is 0.801. The van der Waals surface area contributed by atoms with Gasteiger partial charge in [-0.3, -0.25) is 14.2 Å². The fourth-order valence-corrected chi connectivity index (χ4v) is 4.06. The van der Waals surface area contributed by atoms with E-state index in [2.05, 4.69) is 38.1 Å². The van der Waals surface area contributed by atoms with Crippen LogP contribution in [0.2, 0.25) is 0 Å². The Morgan fingerprint density at radius 3 is 2.60 bits per heavy atom. The van der Waals surface area contributed by atoms with E-state index in [-0.39, 0.29) is 23.4 Å². The SMILES string of the molecule is CC[C@H](C)n1nccc1NC(=O)[C@H](C)Sc1nc2ccccc2c(=O)n1CC(C)C. The molecule has 3 aromatic rings. The normalized spacial score (nSPS) is 13.5. The smallest absolute Gasteiger partial charge is 0.262 e. The Kier molecular flexibility index (Phi) is 6.97. The summed E-state index contributed by atoms with van der Waals surface area (Å²) in [4.78, 5) is 30.6. The highest BCUT2D eigenvalue weighted by atomic mass is 32.2. The number of nitrogens with zero attached hydrogens (tertiary/aromatic N) is 4. The van der Waals surface area contributed by atoms with Crippen molar-refractivity contribution in [3.63, 3.8) is 0 Å². The van der Waals surface area contributed by atoms with Crippen molar-refractivity contribution in [2.24, 2.45) is 5.92 Å². The van der Waals surface area contributed by atoms with Crippen LogP contribution in [0.1, 0.15) is 47.1 Å². The quantitative estimate of drug-likeness (QED) is 0.427. The van der Waals surface area contributed by atoms with Crippen molar-refractivity contribution < 1.29 is 4.79 Å². The first-order valence-electron chi connectivity index (χ1n) is 10.3. The van der Waals surface area contributed by atoms with E-state index in [1.165, 1.54) is 11.8 Å². The maximum absolute atomic E-state index is 13.0. The number of aromatic nitrogens is 4. The summed E-state index contributed by atoms with van der Waals surface area (Å²) in [6.45, 7) is 10.6. The Bertz CT molecular complexity index is 1090. The number of benzene rings is 1. The van der Waals surface area contributed by atoms with E-state index in [4.69, 9.17) is 4.98 Å². The summed E-state index contributed by atoms with van der Waals surface area (Å²) in [7, 11) is 0. The average molecular weight is 428 g/mol. The fraction of sp³-hybridized carbons (Fsp3) is 0.455. The molecule has 0 radical (unpaired) electrons. The number of hydrogen-bond donors (Lipinski definition) is 1. The van der Waals surface area contributed by atoms with Crippen LogP contribution in [0.4, 0.5) is 5.82 Å². The molecule has 0 aliphatic heterocycles. The van der Waals surface area contributed by atoms with Crippen molar-refractivity contribution in [1.82, 2.24) is 19.3 Å². The zero-order chi connectivity index (χ0) is 21.8. The molecule has 8 heteroatoms. The first kappa shape index (κ1) is 22.1. The van der Waals surface area contributed by atoms with Crippen LogP contribution in [0.15, 0.2) is 46.5 Å². The summed E-state index contributed by atoms with van der Waals surface area (Å²) in [6.07, 6.45) is 2.60. The molecule has 0 aliphatic carbocycles. The highest BCUT2D eigenvalue weighted by molar-refractivity contribution is 8.00. The van der Waals surface area contributed by atoms with Gasteiger partial charge in [0.2, 0.25) is 5.91 Å². The fourth-order valence-electron chi connectivity index (χ4n) is 3.14. The first-order chi connectivity index (χ1) is 14.3. The molecule has 0 bridgehead atoms. The molecule has 0 unspecified atom stereocenters. The Morgan fingerprint density at radius 2 is 1.90 bits per heavy atom. The Labute approximate surface area is 180 Å². The Morgan fingerprint density at radius 1 is 1.17 bits per heavy atom. The van der Waals surface area contributed by atoms with Crippen LogP contribution < -0.4 is 10.9 Å². The number of amides is 1. The number of carbonyl (C=O) groups excluding carboxylic acids is 1. The molecule has 2 aromatic heterocycles. The molecule has 1 aromatic carbocycles. The maximum Gasteiger partial charge on any atom is 0.262 e. The van der Waals surface area contributed by atoms with Crippen LogP contribution >= 0.6 is 11.8 Å². The minimum atomic E-state index is -0.434. The molecule has 1 N–H and O–H groups in total. The lowest BCUT2D eigenvalue weighted by molar-refractivity contribution is -0.115. The van der Waals surface area contributed by atoms with Crippen LogP contribution in [-0.2, 0) is 11.3 Å². The third-order valence-corrected chi connectivity index (χ3v) is 6.05. The number of rotatable bonds is 8. The number of para-hydroxylation sites is 1. The number of nitrogens with one attached hydrogen (secondary N) is 1. The lowest BCUT2D eigenvalue weighted by Crippen LogP contribution is -2.29. The van der Waals surface area contributed by atoms with Crippen molar-refractivity contribution in [2.45, 2.75) is 64.0 Å². The topological polar surface area (TPSA) is 81.8 Å². The van der Waals surface area contributed by atoms with Gasteiger partial charge < -0.3 is 5.32 Å². The molecular formula is C22H29N5O2S. The second kappa shape index (κ2) is 9.47. The van der Waals surface area contributed by atoms with E-state index in [1.54, 1.807) is 22.9 Å². The number of fused-ring (bicyclic) bond motifs is 1. The van der Waals surface area contributed by atoms with Gasteiger partial charge in [-0.2, -0.15) is 5.10 Å². The van der Waals surface area contributed by atoms with E-state index in [9.17, 15) is 9.59 Å². The lowest BCUT2D eigenvalue weighted by atomic mass is 10.2. The Balaban J connectivity index is 1.87. The standard InChI is InChI=1S/C22H29N5O2S/c1-6-15(4)27-19(11-12-23-27)25-20(28)16(5)30-22-24-18-10-8-7-9-17(18)21(29)26(22)13-14(2)3/h7-12,14-16H,6,13H2,1-5H3,(H,25,28)/t15-,16-/m0/s1. The average Bonchev–Trinajstić information content (AvgIpc) is 3.18. The van der Waals surface area contributed by atoms with Crippen molar-refractivity contribution in [3.8, 4) is 0 Å². The molecule has 3 rings (SSSR count). The predicted molar refractivity (Wildman–Crippen MR) is 122 cm³/mol. The van der Waals surface area contributed by atoms with E-state index in [0.717, 1.165) is 6.42 Å². The van der Waals surface area contributed by atoms with Crippen molar-refractivity contribution in [1.29, 1.82) is 0 Å². The van der Waals surface area contributed by atoms with E-state index in [1.807, 2.05) is 29.8 Å². The monoisotopic (exact) mass is 427 g/mol. The summed E-state index contributed by atoms with van der Waals surface area (Å²) < 4.78 is 3.50. The maximum atomic E-state index is 13.0. The highest BCUT2D eigenvalue weighted by Crippen LogP contribution is 2.25. The predicted octanol–water partition coefficient (Wildman–Crippen LogP) is 4.34. The third-order valence-electron chi connectivity index (χ3n) is 4.96.